The monoisotopic (exact) mass is 371 g/mol. The number of methoxy groups -OCH3 is 1. The van der Waals surface area contributed by atoms with E-state index in [1.807, 2.05) is 6.07 Å². The van der Waals surface area contributed by atoms with Crippen molar-refractivity contribution in [1.29, 1.82) is 5.26 Å². The smallest absolute Gasteiger partial charge is 0.310 e. The molecule has 0 bridgehead atoms. The van der Waals surface area contributed by atoms with Crippen molar-refractivity contribution in [3.63, 3.8) is 0 Å². The van der Waals surface area contributed by atoms with E-state index in [2.05, 4.69) is 4.74 Å². The predicted octanol–water partition coefficient (Wildman–Crippen LogP) is 3.78. The van der Waals surface area contributed by atoms with E-state index in [-0.39, 0.29) is 5.92 Å². The Kier molecular flexibility index (Phi) is 5.71. The van der Waals surface area contributed by atoms with Crippen LogP contribution >= 0.6 is 0 Å². The van der Waals surface area contributed by atoms with Crippen LogP contribution in [0.2, 0.25) is 0 Å². The van der Waals surface area contributed by atoms with E-state index in [0.29, 0.717) is 0 Å². The Morgan fingerprint density at radius 1 is 1.12 bits per heavy atom. The van der Waals surface area contributed by atoms with Crippen LogP contribution in [0.5, 0.6) is 0 Å². The van der Waals surface area contributed by atoms with Gasteiger partial charge in [0.15, 0.2) is 23.3 Å². The van der Waals surface area contributed by atoms with Crippen LogP contribution in [-0.2, 0) is 27.5 Å². The molecular weight excluding hydrogens is 354 g/mol. The number of allylic oxidation sites excluding steroid dienone is 2. The van der Waals surface area contributed by atoms with Crippen LogP contribution in [0.4, 0.5) is 17.6 Å². The quantitative estimate of drug-likeness (QED) is 0.330. The molecule has 0 radical (unpaired) electrons. The van der Waals surface area contributed by atoms with Gasteiger partial charge >= 0.3 is 5.97 Å². The molecule has 2 atom stereocenters. The van der Waals surface area contributed by atoms with E-state index in [9.17, 15) is 22.4 Å². The second-order valence-corrected chi connectivity index (χ2v) is 6.57. The van der Waals surface area contributed by atoms with Gasteiger partial charge in [-0.2, -0.15) is 5.26 Å². The summed E-state index contributed by atoms with van der Waals surface area (Å²) in [4.78, 5) is 12.1. The standard InChI is InChI=1S/C18H17F4NO3/c1-18(2)11(5-4-6-23)12(18)17(24)26-8-10-15(21)13(19)9(7-25-3)14(20)16(10)22/h4-5,11-12H,7-8H2,1-3H3/b5-4-/t11-,12+/m1/s1. The summed E-state index contributed by atoms with van der Waals surface area (Å²) >= 11 is 0. The summed E-state index contributed by atoms with van der Waals surface area (Å²) < 4.78 is 65.1. The number of hydrogen-bond donors (Lipinski definition) is 0. The molecule has 1 aliphatic carbocycles. The van der Waals surface area contributed by atoms with E-state index in [1.165, 1.54) is 6.08 Å². The van der Waals surface area contributed by atoms with Crippen molar-refractivity contribution < 1.29 is 31.8 Å². The van der Waals surface area contributed by atoms with Gasteiger partial charge in [0.1, 0.15) is 6.61 Å². The zero-order valence-electron chi connectivity index (χ0n) is 14.4. The summed E-state index contributed by atoms with van der Waals surface area (Å²) in [5.74, 6) is -8.05. The van der Waals surface area contributed by atoms with Gasteiger partial charge in [0.25, 0.3) is 0 Å². The first-order chi connectivity index (χ1) is 12.2. The Balaban J connectivity index is 2.17. The Bertz CT molecular complexity index is 770. The highest BCUT2D eigenvalue weighted by Gasteiger charge is 2.61. The molecule has 26 heavy (non-hydrogen) atoms. The average molecular weight is 371 g/mol. The maximum Gasteiger partial charge on any atom is 0.310 e. The molecule has 0 aromatic heterocycles. The topological polar surface area (TPSA) is 59.3 Å². The van der Waals surface area contributed by atoms with Crippen LogP contribution in [0.3, 0.4) is 0 Å². The minimum absolute atomic E-state index is 0.262. The summed E-state index contributed by atoms with van der Waals surface area (Å²) in [6, 6.07) is 1.81. The Morgan fingerprint density at radius 2 is 1.62 bits per heavy atom. The highest BCUT2D eigenvalue weighted by Crippen LogP contribution is 2.59. The van der Waals surface area contributed by atoms with Gasteiger partial charge in [0.05, 0.1) is 29.7 Å². The number of halogens is 4. The number of carbonyl (C=O) groups is 1. The molecule has 0 amide bonds. The van der Waals surface area contributed by atoms with Gasteiger partial charge in [-0.1, -0.05) is 19.9 Å². The molecule has 1 aromatic rings. The highest BCUT2D eigenvalue weighted by atomic mass is 19.2. The second-order valence-electron chi connectivity index (χ2n) is 6.57. The Hall–Kier alpha value is -2.40. The highest BCUT2D eigenvalue weighted by molar-refractivity contribution is 5.78. The van der Waals surface area contributed by atoms with E-state index in [0.717, 1.165) is 7.11 Å². The lowest BCUT2D eigenvalue weighted by molar-refractivity contribution is -0.147. The third kappa shape index (κ3) is 3.44. The van der Waals surface area contributed by atoms with Crippen LogP contribution in [0.25, 0.3) is 0 Å². The maximum atomic E-state index is 14.0. The van der Waals surface area contributed by atoms with Gasteiger partial charge in [0.2, 0.25) is 0 Å². The lowest BCUT2D eigenvalue weighted by Crippen LogP contribution is -2.15. The van der Waals surface area contributed by atoms with Gasteiger partial charge in [-0.3, -0.25) is 4.79 Å². The lowest BCUT2D eigenvalue weighted by Gasteiger charge is -2.12. The lowest BCUT2D eigenvalue weighted by atomic mass is 10.1. The molecule has 1 aromatic carbocycles. The zero-order valence-corrected chi connectivity index (χ0v) is 14.4. The summed E-state index contributed by atoms with van der Waals surface area (Å²) in [6.45, 7) is 1.95. The van der Waals surface area contributed by atoms with E-state index in [4.69, 9.17) is 10.00 Å². The summed E-state index contributed by atoms with van der Waals surface area (Å²) in [7, 11) is 1.12. The molecule has 1 aliphatic rings. The molecule has 0 spiro atoms. The molecule has 4 nitrogen and oxygen atoms in total. The molecule has 2 rings (SSSR count). The summed E-state index contributed by atoms with van der Waals surface area (Å²) in [6.07, 6.45) is 2.78. The first-order valence-corrected chi connectivity index (χ1v) is 7.74. The SMILES string of the molecule is COCc1c(F)c(F)c(COC(=O)[C@@H]2[C@@H](/C=C\C#N)C2(C)C)c(F)c1F. The maximum absolute atomic E-state index is 14.0. The van der Waals surface area contributed by atoms with Gasteiger partial charge in [-0.15, -0.1) is 0 Å². The van der Waals surface area contributed by atoms with Crippen molar-refractivity contribution in [1.82, 2.24) is 0 Å². The van der Waals surface area contributed by atoms with E-state index >= 15 is 0 Å². The fourth-order valence-electron chi connectivity index (χ4n) is 2.99. The minimum atomic E-state index is -1.63. The van der Waals surface area contributed by atoms with Crippen molar-refractivity contribution in [2.24, 2.45) is 17.3 Å². The number of rotatable bonds is 6. The number of benzene rings is 1. The van der Waals surface area contributed by atoms with Gasteiger partial charge in [-0.25, -0.2) is 17.6 Å². The fraction of sp³-hybridized carbons (Fsp3) is 0.444. The molecule has 0 saturated heterocycles. The number of hydrogen-bond acceptors (Lipinski definition) is 4. The summed E-state index contributed by atoms with van der Waals surface area (Å²) in [5.41, 5.74) is -2.36. The number of nitriles is 1. The first-order valence-electron chi connectivity index (χ1n) is 7.74. The van der Waals surface area contributed by atoms with Crippen molar-refractivity contribution in [2.75, 3.05) is 7.11 Å². The summed E-state index contributed by atoms with van der Waals surface area (Å²) in [5, 5.41) is 8.55. The number of ether oxygens (including phenoxy) is 2. The van der Waals surface area contributed by atoms with Crippen LogP contribution in [0.1, 0.15) is 25.0 Å². The third-order valence-electron chi connectivity index (χ3n) is 4.64. The average Bonchev–Trinajstić information content (AvgIpc) is 3.15. The Morgan fingerprint density at radius 3 is 2.08 bits per heavy atom. The second kappa shape index (κ2) is 7.46. The van der Waals surface area contributed by atoms with Crippen molar-refractivity contribution >= 4 is 5.97 Å². The fourth-order valence-corrected chi connectivity index (χ4v) is 2.99. The van der Waals surface area contributed by atoms with Crippen LogP contribution < -0.4 is 0 Å². The zero-order chi connectivity index (χ0) is 19.6. The van der Waals surface area contributed by atoms with Crippen LogP contribution in [0, 0.1) is 51.9 Å². The normalized spacial score (nSPS) is 20.8. The molecule has 140 valence electrons. The van der Waals surface area contributed by atoms with Crippen molar-refractivity contribution in [3.8, 4) is 6.07 Å². The van der Waals surface area contributed by atoms with Gasteiger partial charge in [0, 0.05) is 13.2 Å². The van der Waals surface area contributed by atoms with Gasteiger partial charge in [-0.05, 0) is 11.3 Å². The number of nitrogens with zero attached hydrogens (tertiary/aromatic N) is 1. The molecule has 0 unspecified atom stereocenters. The third-order valence-corrected chi connectivity index (χ3v) is 4.64. The number of esters is 1. The molecule has 8 heteroatoms. The molecule has 0 aliphatic heterocycles. The first kappa shape index (κ1) is 19.9. The molecule has 0 heterocycles. The molecule has 0 N–H and O–H groups in total. The molecule has 1 fully saturated rings. The largest absolute Gasteiger partial charge is 0.460 e. The predicted molar refractivity (Wildman–Crippen MR) is 82.3 cm³/mol. The Labute approximate surface area is 148 Å². The van der Waals surface area contributed by atoms with Crippen LogP contribution in [0.15, 0.2) is 12.2 Å². The minimum Gasteiger partial charge on any atom is -0.460 e. The molecular formula is C18H17F4NO3. The van der Waals surface area contributed by atoms with Gasteiger partial charge < -0.3 is 9.47 Å². The van der Waals surface area contributed by atoms with Crippen molar-refractivity contribution in [3.05, 3.63) is 46.5 Å². The molecule has 1 saturated carbocycles. The van der Waals surface area contributed by atoms with E-state index < -0.39 is 64.9 Å². The van der Waals surface area contributed by atoms with E-state index in [1.54, 1.807) is 19.9 Å². The van der Waals surface area contributed by atoms with Crippen LogP contribution in [-0.4, -0.2) is 13.1 Å². The number of carbonyl (C=O) groups excluding carboxylic acids is 1. The van der Waals surface area contributed by atoms with Crippen molar-refractivity contribution in [2.45, 2.75) is 27.1 Å².